The van der Waals surface area contributed by atoms with Crippen molar-refractivity contribution >= 4 is 5.97 Å². The summed E-state index contributed by atoms with van der Waals surface area (Å²) in [6, 6.07) is 3.95. The van der Waals surface area contributed by atoms with Gasteiger partial charge in [0, 0.05) is 6.54 Å². The molecule has 2 atom stereocenters. The summed E-state index contributed by atoms with van der Waals surface area (Å²) < 4.78 is 10.7. The predicted octanol–water partition coefficient (Wildman–Crippen LogP) is 1.71. The average Bonchev–Trinajstić information content (AvgIpc) is 2.73. The lowest BCUT2D eigenvalue weighted by atomic mass is 9.87. The van der Waals surface area contributed by atoms with Crippen LogP contribution in [0.5, 0.6) is 11.5 Å². The Hall–Kier alpha value is -1.75. The molecular weight excluding hydrogens is 246 g/mol. The topological polar surface area (TPSA) is 48.0 Å². The van der Waals surface area contributed by atoms with Gasteiger partial charge in [0.2, 0.25) is 0 Å². The second-order valence-electron chi connectivity index (χ2n) is 4.94. The van der Waals surface area contributed by atoms with Crippen molar-refractivity contribution in [3.63, 3.8) is 0 Å². The van der Waals surface area contributed by atoms with Gasteiger partial charge in [-0.3, -0.25) is 0 Å². The molecule has 5 heteroatoms. The highest BCUT2D eigenvalue weighted by atomic mass is 16.7. The lowest BCUT2D eigenvalue weighted by Crippen LogP contribution is -2.31. The fraction of sp³-hybridized carbons (Fsp3) is 0.500. The molecule has 0 spiro atoms. The maximum atomic E-state index is 11.7. The molecule has 0 N–H and O–H groups in total. The van der Waals surface area contributed by atoms with E-state index in [2.05, 4.69) is 0 Å². The summed E-state index contributed by atoms with van der Waals surface area (Å²) >= 11 is 0. The number of carbonyl (C=O) groups excluding carboxylic acids is 1. The molecule has 0 saturated carbocycles. The minimum Gasteiger partial charge on any atom is -0.493 e. The number of rotatable bonds is 2. The van der Waals surface area contributed by atoms with Crippen LogP contribution in [0.4, 0.5) is 0 Å². The van der Waals surface area contributed by atoms with Crippen molar-refractivity contribution in [3.05, 3.63) is 23.3 Å². The number of hydroxylamine groups is 2. The zero-order chi connectivity index (χ0) is 13.6. The maximum absolute atomic E-state index is 11.7. The van der Waals surface area contributed by atoms with Crippen LogP contribution in [0.1, 0.15) is 24.1 Å². The Morgan fingerprint density at radius 2 is 1.95 bits per heavy atom. The normalized spacial score (nSPS) is 25.5. The molecule has 0 aliphatic carbocycles. The molecule has 2 aliphatic rings. The van der Waals surface area contributed by atoms with E-state index in [0.717, 1.165) is 24.3 Å². The number of hydrogen-bond acceptors (Lipinski definition) is 5. The number of ether oxygens (including phenoxy) is 2. The Morgan fingerprint density at radius 1 is 1.26 bits per heavy atom. The van der Waals surface area contributed by atoms with Gasteiger partial charge in [-0.25, -0.2) is 4.79 Å². The van der Waals surface area contributed by atoms with Crippen LogP contribution in [0.25, 0.3) is 0 Å². The highest BCUT2D eigenvalue weighted by molar-refractivity contribution is 5.75. The van der Waals surface area contributed by atoms with Crippen molar-refractivity contribution in [2.75, 3.05) is 20.8 Å². The molecule has 0 radical (unpaired) electrons. The largest absolute Gasteiger partial charge is 0.493 e. The van der Waals surface area contributed by atoms with Crippen LogP contribution in [-0.4, -0.2) is 31.8 Å². The maximum Gasteiger partial charge on any atom is 0.329 e. The van der Waals surface area contributed by atoms with E-state index in [1.54, 1.807) is 19.3 Å². The number of nitrogens with zero attached hydrogens (tertiary/aromatic N) is 1. The summed E-state index contributed by atoms with van der Waals surface area (Å²) in [4.78, 5) is 17.0. The molecule has 19 heavy (non-hydrogen) atoms. The Morgan fingerprint density at radius 3 is 2.63 bits per heavy atom. The van der Waals surface area contributed by atoms with Gasteiger partial charge in [0.1, 0.15) is 0 Å². The second-order valence-corrected chi connectivity index (χ2v) is 4.94. The Balaban J connectivity index is 2.09. The smallest absolute Gasteiger partial charge is 0.329 e. The van der Waals surface area contributed by atoms with Crippen molar-refractivity contribution in [2.45, 2.75) is 19.4 Å². The molecule has 5 nitrogen and oxygen atoms in total. The Labute approximate surface area is 112 Å². The van der Waals surface area contributed by atoms with E-state index < -0.39 is 0 Å². The average molecular weight is 263 g/mol. The van der Waals surface area contributed by atoms with Gasteiger partial charge in [-0.1, -0.05) is 0 Å². The molecule has 1 fully saturated rings. The number of fused-ring (bicyclic) bond motifs is 3. The Kier molecular flexibility index (Phi) is 2.86. The van der Waals surface area contributed by atoms with Crippen LogP contribution >= 0.6 is 0 Å². The summed E-state index contributed by atoms with van der Waals surface area (Å²) in [5, 5.41) is 1.78. The van der Waals surface area contributed by atoms with Gasteiger partial charge in [-0.15, -0.1) is 5.06 Å². The SMILES string of the molecule is COc1cc2c(cc1OC)[C@H]1[C@H](C)C(=O)ON1CC2. The fourth-order valence-electron chi connectivity index (χ4n) is 2.90. The van der Waals surface area contributed by atoms with Crippen LogP contribution < -0.4 is 9.47 Å². The summed E-state index contributed by atoms with van der Waals surface area (Å²) in [6.07, 6.45) is 0.839. The summed E-state index contributed by atoms with van der Waals surface area (Å²) in [7, 11) is 3.24. The summed E-state index contributed by atoms with van der Waals surface area (Å²) in [6.45, 7) is 2.63. The molecular formula is C14H17NO4. The van der Waals surface area contributed by atoms with Crippen LogP contribution in [0.3, 0.4) is 0 Å². The van der Waals surface area contributed by atoms with Crippen molar-refractivity contribution in [2.24, 2.45) is 5.92 Å². The molecule has 1 saturated heterocycles. The molecule has 1 aromatic rings. The van der Waals surface area contributed by atoms with Crippen molar-refractivity contribution in [3.8, 4) is 11.5 Å². The first-order chi connectivity index (χ1) is 9.15. The van der Waals surface area contributed by atoms with Gasteiger partial charge >= 0.3 is 5.97 Å². The van der Waals surface area contributed by atoms with Crippen molar-refractivity contribution < 1.29 is 19.1 Å². The van der Waals surface area contributed by atoms with Gasteiger partial charge in [-0.05, 0) is 36.6 Å². The third kappa shape index (κ3) is 1.76. The minimum absolute atomic E-state index is 0.0175. The zero-order valence-corrected chi connectivity index (χ0v) is 11.3. The van der Waals surface area contributed by atoms with E-state index >= 15 is 0 Å². The van der Waals surface area contributed by atoms with E-state index in [9.17, 15) is 4.79 Å². The number of benzene rings is 1. The number of methoxy groups -OCH3 is 2. The number of hydrogen-bond donors (Lipinski definition) is 0. The van der Waals surface area contributed by atoms with E-state index in [4.69, 9.17) is 14.3 Å². The van der Waals surface area contributed by atoms with Crippen LogP contribution in [0.15, 0.2) is 12.1 Å². The first-order valence-electron chi connectivity index (χ1n) is 6.39. The summed E-state index contributed by atoms with van der Waals surface area (Å²) in [5.74, 6) is 1.10. The highest BCUT2D eigenvalue weighted by Gasteiger charge is 2.44. The first kappa shape index (κ1) is 12.3. The molecule has 3 rings (SSSR count). The second kappa shape index (κ2) is 4.42. The molecule has 102 valence electrons. The molecule has 2 heterocycles. The van der Waals surface area contributed by atoms with E-state index in [-0.39, 0.29) is 17.9 Å². The molecule has 2 aliphatic heterocycles. The van der Waals surface area contributed by atoms with E-state index in [0.29, 0.717) is 5.75 Å². The standard InChI is InChI=1S/C14H17NO4/c1-8-13-10-7-12(18-3)11(17-2)6-9(10)4-5-15(13)19-14(8)16/h6-8,13H,4-5H2,1-3H3/t8-,13+/m0/s1. The quantitative estimate of drug-likeness (QED) is 0.813. The van der Waals surface area contributed by atoms with Crippen molar-refractivity contribution in [1.29, 1.82) is 0 Å². The van der Waals surface area contributed by atoms with Gasteiger partial charge in [0.05, 0.1) is 26.2 Å². The lowest BCUT2D eigenvalue weighted by Gasteiger charge is -2.30. The number of carbonyl (C=O) groups is 1. The van der Waals surface area contributed by atoms with Gasteiger partial charge in [-0.2, -0.15) is 0 Å². The van der Waals surface area contributed by atoms with Gasteiger partial charge < -0.3 is 14.3 Å². The Bertz CT molecular complexity index is 528. The zero-order valence-electron chi connectivity index (χ0n) is 11.3. The third-order valence-corrected chi connectivity index (χ3v) is 3.93. The molecule has 0 amide bonds. The van der Waals surface area contributed by atoms with Crippen LogP contribution in [0.2, 0.25) is 0 Å². The van der Waals surface area contributed by atoms with Gasteiger partial charge in [0.25, 0.3) is 0 Å². The van der Waals surface area contributed by atoms with Gasteiger partial charge in [0.15, 0.2) is 11.5 Å². The van der Waals surface area contributed by atoms with Crippen LogP contribution in [0, 0.1) is 5.92 Å². The fourth-order valence-corrected chi connectivity index (χ4v) is 2.90. The third-order valence-electron chi connectivity index (χ3n) is 3.93. The minimum atomic E-state index is -0.160. The highest BCUT2D eigenvalue weighted by Crippen LogP contribution is 2.44. The molecule has 0 unspecified atom stereocenters. The van der Waals surface area contributed by atoms with Crippen LogP contribution in [-0.2, 0) is 16.1 Å². The van der Waals surface area contributed by atoms with Crippen molar-refractivity contribution in [1.82, 2.24) is 5.06 Å². The first-order valence-corrected chi connectivity index (χ1v) is 6.39. The predicted molar refractivity (Wildman–Crippen MR) is 68.0 cm³/mol. The summed E-state index contributed by atoms with van der Waals surface area (Å²) in [5.41, 5.74) is 2.30. The van der Waals surface area contributed by atoms with E-state index in [1.807, 2.05) is 19.1 Å². The molecule has 0 bridgehead atoms. The monoisotopic (exact) mass is 263 g/mol. The van der Waals surface area contributed by atoms with E-state index in [1.165, 1.54) is 5.56 Å². The lowest BCUT2D eigenvalue weighted by molar-refractivity contribution is -0.176. The molecule has 1 aromatic carbocycles. The molecule has 0 aromatic heterocycles.